The quantitative estimate of drug-likeness (QED) is 0.0321. The third kappa shape index (κ3) is 7.95. The largest absolute Gasteiger partial charge is 0.465 e. The van der Waals surface area contributed by atoms with Crippen molar-refractivity contribution in [1.82, 2.24) is 4.98 Å². The normalized spacial score (nSPS) is 46.7. The van der Waals surface area contributed by atoms with Crippen LogP contribution in [-0.2, 0) is 14.3 Å². The minimum absolute atomic E-state index is 0.0207. The molecule has 19 unspecified atom stereocenters. The van der Waals surface area contributed by atoms with Crippen molar-refractivity contribution in [2.45, 2.75) is 179 Å². The Morgan fingerprint density at radius 3 is 2.49 bits per heavy atom. The van der Waals surface area contributed by atoms with Crippen LogP contribution in [0.15, 0.2) is 46.8 Å². The van der Waals surface area contributed by atoms with Gasteiger partial charge in [-0.1, -0.05) is 64.5 Å². The number of aliphatic imine (C=N–C) groups is 1. The van der Waals surface area contributed by atoms with Crippen LogP contribution in [0.4, 0.5) is 0 Å². The Balaban J connectivity index is 1.18. The molecule has 1 aromatic rings. The van der Waals surface area contributed by atoms with E-state index in [1.807, 2.05) is 18.5 Å². The minimum Gasteiger partial charge on any atom is -0.465 e. The standard InChI is InChI=1S/C56H82N4O8/c1-6-7-8-18-55-29-45(62)44(61)28-52(55,4)42-16-19-54(20-22-60-51(57)58)49-36(27-56(54,67)43(42)26-47(55)64)11-9-10-35(41-31-68-50(65)48(41)37-17-21-59-30-37)25-40-38(33(3)24-46(63)53(49,5)66)15-14-34-13-12-32(2)23-39(34)40/h14,17,21,26,30,32-33,35-36,38-42,44-46,48-49,59,61-63,66-67H,6-8,11-13,15-16,18-20,22-25,27-29,31H2,1-5H3,(H4,57,58,60). The molecular formula is C56H82N4O8. The molecule has 12 heteroatoms. The van der Waals surface area contributed by atoms with Crippen molar-refractivity contribution in [3.8, 4) is 11.8 Å². The summed E-state index contributed by atoms with van der Waals surface area (Å²) in [5.74, 6) is 6.37. The number of unbranched alkanes of at least 4 members (excludes halogenated alkanes) is 2. The number of ether oxygens (including phenoxy) is 1. The number of nitrogens with one attached hydrogen (secondary N) is 1. The molecule has 7 aliphatic carbocycles. The monoisotopic (exact) mass is 939 g/mol. The highest BCUT2D eigenvalue weighted by Crippen LogP contribution is 2.74. The zero-order valence-corrected chi connectivity index (χ0v) is 41.5. The van der Waals surface area contributed by atoms with E-state index in [1.54, 1.807) is 13.0 Å². The van der Waals surface area contributed by atoms with Gasteiger partial charge in [0, 0.05) is 53.9 Å². The number of ketones is 1. The van der Waals surface area contributed by atoms with Gasteiger partial charge in [-0.3, -0.25) is 14.6 Å². The number of nitrogens with zero attached hydrogens (tertiary/aromatic N) is 1. The molecule has 0 spiro atoms. The SMILES string of the molecule is CCCCCC12CC(O)C(O)CC1(C)C1CCC3(CCN=C(N)N)C4C(CC#CC(C5COC(=O)C5c5cc[nH]c5)CC5C6CC(C)CCC6=CCC5C(C)CC(O)C4(C)O)CC3(O)C1=CC2=O. The van der Waals surface area contributed by atoms with E-state index < -0.39 is 63.5 Å². The lowest BCUT2D eigenvalue weighted by Crippen LogP contribution is -2.67. The minimum atomic E-state index is -1.70. The van der Waals surface area contributed by atoms with Crippen LogP contribution in [0.5, 0.6) is 0 Å². The van der Waals surface area contributed by atoms with E-state index in [9.17, 15) is 30.3 Å². The second kappa shape index (κ2) is 18.6. The van der Waals surface area contributed by atoms with Crippen molar-refractivity contribution >= 4 is 17.7 Å². The molecule has 1 saturated heterocycles. The number of aromatic nitrogens is 1. The number of guanidine groups is 1. The second-order valence-corrected chi connectivity index (χ2v) is 24.1. The lowest BCUT2D eigenvalue weighted by molar-refractivity contribution is -0.199. The molecule has 2 heterocycles. The molecule has 0 amide bonds. The summed E-state index contributed by atoms with van der Waals surface area (Å²) in [5, 5.41) is 63.0. The van der Waals surface area contributed by atoms with Crippen LogP contribution in [0.25, 0.3) is 0 Å². The Hall–Kier alpha value is -3.47. The molecule has 0 bridgehead atoms. The molecular weight excluding hydrogens is 857 g/mol. The summed E-state index contributed by atoms with van der Waals surface area (Å²) in [5.41, 5.74) is 8.97. The summed E-state index contributed by atoms with van der Waals surface area (Å²) in [6, 6.07) is 1.97. The second-order valence-electron chi connectivity index (χ2n) is 24.1. The van der Waals surface area contributed by atoms with Crippen LogP contribution in [0, 0.1) is 87.3 Å². The number of aromatic amines is 1. The number of rotatable bonds is 9. The van der Waals surface area contributed by atoms with Crippen molar-refractivity contribution in [1.29, 1.82) is 0 Å². The molecule has 68 heavy (non-hydrogen) atoms. The lowest BCUT2D eigenvalue weighted by atomic mass is 9.39. The van der Waals surface area contributed by atoms with Gasteiger partial charge in [0.25, 0.3) is 0 Å². The molecule has 374 valence electrons. The maximum atomic E-state index is 15.2. The summed E-state index contributed by atoms with van der Waals surface area (Å²) in [4.78, 5) is 36.5. The summed E-state index contributed by atoms with van der Waals surface area (Å²) in [6.07, 6.45) is 15.7. The van der Waals surface area contributed by atoms with Gasteiger partial charge in [0.1, 0.15) is 0 Å². The summed E-state index contributed by atoms with van der Waals surface area (Å²) in [7, 11) is 0. The van der Waals surface area contributed by atoms with Crippen molar-refractivity contribution < 1.29 is 39.9 Å². The first kappa shape index (κ1) is 49.5. The van der Waals surface area contributed by atoms with E-state index in [0.717, 1.165) is 50.5 Å². The Labute approximate surface area is 404 Å². The molecule has 9 rings (SSSR count). The topological polar surface area (TPSA) is 225 Å². The smallest absolute Gasteiger partial charge is 0.313 e. The first-order valence-corrected chi connectivity index (χ1v) is 26.6. The molecule has 1 aromatic heterocycles. The average Bonchev–Trinajstić information content (AvgIpc) is 4.01. The predicted octanol–water partition coefficient (Wildman–Crippen LogP) is 6.85. The molecule has 10 N–H and O–H groups in total. The lowest BCUT2D eigenvalue weighted by Gasteiger charge is -2.65. The van der Waals surface area contributed by atoms with Crippen molar-refractivity contribution in [3.63, 3.8) is 0 Å². The third-order valence-electron chi connectivity index (χ3n) is 20.7. The average molecular weight is 939 g/mol. The van der Waals surface area contributed by atoms with Gasteiger partial charge < -0.3 is 46.7 Å². The van der Waals surface area contributed by atoms with E-state index in [2.05, 4.69) is 55.6 Å². The number of hydrogen-bond donors (Lipinski definition) is 8. The highest BCUT2D eigenvalue weighted by atomic mass is 16.5. The maximum Gasteiger partial charge on any atom is 0.313 e. The van der Waals surface area contributed by atoms with Crippen molar-refractivity contribution in [2.24, 2.45) is 91.9 Å². The van der Waals surface area contributed by atoms with Crippen molar-refractivity contribution in [3.05, 3.63) is 47.3 Å². The Morgan fingerprint density at radius 2 is 1.75 bits per heavy atom. The van der Waals surface area contributed by atoms with E-state index in [0.29, 0.717) is 55.9 Å². The van der Waals surface area contributed by atoms with Gasteiger partial charge in [0.2, 0.25) is 0 Å². The zero-order valence-electron chi connectivity index (χ0n) is 41.5. The van der Waals surface area contributed by atoms with Gasteiger partial charge in [0.15, 0.2) is 11.7 Å². The number of aliphatic hydroxyl groups is 5. The third-order valence-corrected chi connectivity index (χ3v) is 20.7. The fourth-order valence-electron chi connectivity index (χ4n) is 17.3. The van der Waals surface area contributed by atoms with Crippen LogP contribution in [-0.4, -0.2) is 90.9 Å². The highest BCUT2D eigenvalue weighted by Gasteiger charge is 2.74. The van der Waals surface area contributed by atoms with Crippen LogP contribution >= 0.6 is 0 Å². The van der Waals surface area contributed by atoms with Gasteiger partial charge in [0.05, 0.1) is 42.0 Å². The number of hydrogen-bond acceptors (Lipinski definition) is 9. The van der Waals surface area contributed by atoms with E-state index in [4.69, 9.17) is 16.2 Å². The van der Waals surface area contributed by atoms with Crippen LogP contribution in [0.1, 0.15) is 155 Å². The molecule has 5 fully saturated rings. The van der Waals surface area contributed by atoms with E-state index >= 15 is 4.79 Å². The summed E-state index contributed by atoms with van der Waals surface area (Å²) in [6.45, 7) is 11.1. The number of nitrogens with two attached hydrogens (primary N) is 2. The van der Waals surface area contributed by atoms with Crippen LogP contribution < -0.4 is 11.5 Å². The van der Waals surface area contributed by atoms with Crippen LogP contribution in [0.3, 0.4) is 0 Å². The van der Waals surface area contributed by atoms with E-state index in [-0.39, 0.29) is 85.6 Å². The number of aliphatic hydroxyl groups excluding tert-OH is 3. The Morgan fingerprint density at radius 1 is 0.971 bits per heavy atom. The molecule has 0 aromatic carbocycles. The molecule has 1 aliphatic heterocycles. The van der Waals surface area contributed by atoms with Gasteiger partial charge in [-0.05, 0) is 161 Å². The fraction of sp³-hybridized carbons (Fsp3) is 0.768. The number of H-pyrrole nitrogens is 1. The van der Waals surface area contributed by atoms with Gasteiger partial charge in [-0.15, -0.1) is 5.92 Å². The summed E-state index contributed by atoms with van der Waals surface area (Å²) >= 11 is 0. The number of allylic oxidation sites excluding steroid dienone is 3. The Bertz CT molecular complexity index is 2210. The Kier molecular flexibility index (Phi) is 13.6. The number of carbonyl (C=O) groups is 2. The summed E-state index contributed by atoms with van der Waals surface area (Å²) < 4.78 is 5.91. The number of esters is 1. The van der Waals surface area contributed by atoms with Gasteiger partial charge in [-0.25, -0.2) is 0 Å². The maximum absolute atomic E-state index is 15.2. The predicted molar refractivity (Wildman–Crippen MR) is 261 cm³/mol. The zero-order chi connectivity index (χ0) is 48.6. The first-order valence-electron chi connectivity index (χ1n) is 26.6. The first-order chi connectivity index (χ1) is 32.3. The molecule has 0 radical (unpaired) electrons. The molecule has 12 nitrogen and oxygen atoms in total. The number of cyclic esters (lactones) is 1. The van der Waals surface area contributed by atoms with Gasteiger partial charge >= 0.3 is 5.97 Å². The van der Waals surface area contributed by atoms with E-state index in [1.165, 1.54) is 12.0 Å². The highest BCUT2D eigenvalue weighted by molar-refractivity contribution is 5.98. The van der Waals surface area contributed by atoms with Crippen LogP contribution in [0.2, 0.25) is 0 Å². The molecule has 4 saturated carbocycles. The number of carbonyl (C=O) groups excluding carboxylic acids is 2. The number of fused-ring (bicyclic) bond motifs is 10. The molecule has 8 aliphatic rings. The van der Waals surface area contributed by atoms with Gasteiger partial charge in [-0.2, -0.15) is 0 Å². The molecule has 19 atom stereocenters. The fourth-order valence-corrected chi connectivity index (χ4v) is 17.3. The van der Waals surface area contributed by atoms with Crippen molar-refractivity contribution in [2.75, 3.05) is 13.2 Å².